The van der Waals surface area contributed by atoms with E-state index in [1.165, 1.54) is 24.3 Å². The molecule has 0 aliphatic rings. The maximum Gasteiger partial charge on any atom is 0.255 e. The molecule has 0 atom stereocenters. The van der Waals surface area contributed by atoms with E-state index in [1.807, 2.05) is 0 Å². The van der Waals surface area contributed by atoms with Crippen molar-refractivity contribution in [3.05, 3.63) is 78.4 Å². The second-order valence-electron chi connectivity index (χ2n) is 5.40. The van der Waals surface area contributed by atoms with Gasteiger partial charge in [-0.05, 0) is 54.6 Å². The first-order valence-corrected chi connectivity index (χ1v) is 7.57. The monoisotopic (exact) mass is 333 g/mol. The number of nitrogens with zero attached hydrogens (tertiary/aromatic N) is 2. The number of hydrogen-bond acceptors (Lipinski definition) is 4. The summed E-state index contributed by atoms with van der Waals surface area (Å²) < 4.78 is 18.6. The summed E-state index contributed by atoms with van der Waals surface area (Å²) in [6, 6.07) is 14.2. The van der Waals surface area contributed by atoms with Crippen LogP contribution >= 0.6 is 0 Å². The van der Waals surface area contributed by atoms with Crippen LogP contribution in [0.5, 0.6) is 0 Å². The first-order valence-electron chi connectivity index (χ1n) is 7.57. The number of aromatic nitrogens is 2. The van der Waals surface area contributed by atoms with Crippen LogP contribution in [0.2, 0.25) is 0 Å². The number of benzene rings is 2. The van der Waals surface area contributed by atoms with Crippen LogP contribution < -0.4 is 5.32 Å². The number of halogens is 1. The molecule has 25 heavy (non-hydrogen) atoms. The molecule has 0 fully saturated rings. The lowest BCUT2D eigenvalue weighted by Crippen LogP contribution is -2.11. The third-order valence-corrected chi connectivity index (χ3v) is 3.68. The van der Waals surface area contributed by atoms with Gasteiger partial charge in [-0.1, -0.05) is 0 Å². The highest BCUT2D eigenvalue weighted by Gasteiger charge is 2.12. The van der Waals surface area contributed by atoms with E-state index in [0.29, 0.717) is 28.2 Å². The van der Waals surface area contributed by atoms with Crippen LogP contribution in [-0.4, -0.2) is 15.9 Å². The van der Waals surface area contributed by atoms with Crippen LogP contribution in [0.3, 0.4) is 0 Å². The topological polar surface area (TPSA) is 68.0 Å². The Bertz CT molecular complexity index is 1040. The first-order chi connectivity index (χ1) is 12.2. The molecule has 0 saturated heterocycles. The molecule has 6 heteroatoms. The minimum absolute atomic E-state index is 0.304. The fourth-order valence-corrected chi connectivity index (χ4v) is 2.42. The molecular formula is C19H12FN3O2. The van der Waals surface area contributed by atoms with Gasteiger partial charge in [0.2, 0.25) is 5.89 Å². The van der Waals surface area contributed by atoms with Crippen molar-refractivity contribution in [2.75, 3.05) is 5.32 Å². The third kappa shape index (κ3) is 3.10. The predicted molar refractivity (Wildman–Crippen MR) is 91.6 cm³/mol. The SMILES string of the molecule is O=C(Nc1ccc(F)cc1)c1ccc2oc(-c3ccncc3)nc2c1. The van der Waals surface area contributed by atoms with Crippen molar-refractivity contribution in [2.24, 2.45) is 0 Å². The van der Waals surface area contributed by atoms with E-state index in [4.69, 9.17) is 4.42 Å². The van der Waals surface area contributed by atoms with Crippen molar-refractivity contribution in [3.8, 4) is 11.5 Å². The second kappa shape index (κ2) is 6.16. The average molecular weight is 333 g/mol. The lowest BCUT2D eigenvalue weighted by Gasteiger charge is -2.04. The summed E-state index contributed by atoms with van der Waals surface area (Å²) in [5.74, 6) is -0.193. The average Bonchev–Trinajstić information content (AvgIpc) is 3.07. The molecule has 0 saturated carbocycles. The Hall–Kier alpha value is -3.54. The first kappa shape index (κ1) is 15.0. The summed E-state index contributed by atoms with van der Waals surface area (Å²) in [5.41, 5.74) is 2.93. The summed E-state index contributed by atoms with van der Waals surface area (Å²) in [4.78, 5) is 20.7. The van der Waals surface area contributed by atoms with Crippen LogP contribution in [0.1, 0.15) is 10.4 Å². The maximum absolute atomic E-state index is 12.9. The third-order valence-electron chi connectivity index (χ3n) is 3.68. The number of anilines is 1. The van der Waals surface area contributed by atoms with E-state index >= 15 is 0 Å². The summed E-state index contributed by atoms with van der Waals surface area (Å²) in [6.45, 7) is 0. The molecule has 1 amide bonds. The van der Waals surface area contributed by atoms with Gasteiger partial charge in [-0.15, -0.1) is 0 Å². The zero-order valence-corrected chi connectivity index (χ0v) is 12.9. The van der Waals surface area contributed by atoms with Crippen molar-refractivity contribution >= 4 is 22.7 Å². The number of hydrogen-bond donors (Lipinski definition) is 1. The van der Waals surface area contributed by atoms with Crippen LogP contribution in [0, 0.1) is 5.82 Å². The number of rotatable bonds is 3. The molecule has 2 heterocycles. The number of oxazole rings is 1. The van der Waals surface area contributed by atoms with Gasteiger partial charge >= 0.3 is 0 Å². The maximum atomic E-state index is 12.9. The highest BCUT2D eigenvalue weighted by atomic mass is 19.1. The smallest absolute Gasteiger partial charge is 0.255 e. The highest BCUT2D eigenvalue weighted by Crippen LogP contribution is 2.24. The Morgan fingerprint density at radius 2 is 1.76 bits per heavy atom. The second-order valence-corrected chi connectivity index (χ2v) is 5.40. The van der Waals surface area contributed by atoms with E-state index in [2.05, 4.69) is 15.3 Å². The van der Waals surface area contributed by atoms with Gasteiger partial charge in [-0.25, -0.2) is 9.37 Å². The molecule has 0 aliphatic carbocycles. The molecule has 2 aromatic carbocycles. The molecule has 2 aromatic heterocycles. The fourth-order valence-electron chi connectivity index (χ4n) is 2.42. The summed E-state index contributed by atoms with van der Waals surface area (Å²) >= 11 is 0. The quantitative estimate of drug-likeness (QED) is 0.607. The number of carbonyl (C=O) groups is 1. The Morgan fingerprint density at radius 1 is 1.00 bits per heavy atom. The van der Waals surface area contributed by atoms with Crippen molar-refractivity contribution in [1.82, 2.24) is 9.97 Å². The molecule has 0 aliphatic heterocycles. The molecule has 122 valence electrons. The minimum atomic E-state index is -0.356. The highest BCUT2D eigenvalue weighted by molar-refractivity contribution is 6.05. The van der Waals surface area contributed by atoms with Crippen LogP contribution in [0.15, 0.2) is 71.4 Å². The summed E-state index contributed by atoms with van der Waals surface area (Å²) in [5, 5.41) is 2.72. The zero-order valence-electron chi connectivity index (χ0n) is 12.9. The van der Waals surface area contributed by atoms with Gasteiger partial charge in [0.15, 0.2) is 5.58 Å². The number of nitrogens with one attached hydrogen (secondary N) is 1. The van der Waals surface area contributed by atoms with Gasteiger partial charge in [0.1, 0.15) is 11.3 Å². The number of pyridine rings is 1. The van der Waals surface area contributed by atoms with Crippen LogP contribution in [0.4, 0.5) is 10.1 Å². The summed E-state index contributed by atoms with van der Waals surface area (Å²) in [6.07, 6.45) is 3.32. The fraction of sp³-hybridized carbons (Fsp3) is 0. The number of carbonyl (C=O) groups excluding carboxylic acids is 1. The van der Waals surface area contributed by atoms with Crippen LogP contribution in [-0.2, 0) is 0 Å². The molecule has 5 nitrogen and oxygen atoms in total. The van der Waals surface area contributed by atoms with E-state index in [0.717, 1.165) is 5.56 Å². The van der Waals surface area contributed by atoms with Crippen LogP contribution in [0.25, 0.3) is 22.6 Å². The Labute approximate surface area is 142 Å². The normalized spacial score (nSPS) is 10.8. The minimum Gasteiger partial charge on any atom is -0.436 e. The van der Waals surface area contributed by atoms with Gasteiger partial charge in [0.05, 0.1) is 0 Å². The van der Waals surface area contributed by atoms with Gasteiger partial charge in [-0.3, -0.25) is 9.78 Å². The van der Waals surface area contributed by atoms with Gasteiger partial charge in [-0.2, -0.15) is 0 Å². The van der Waals surface area contributed by atoms with Crippen molar-refractivity contribution < 1.29 is 13.6 Å². The van der Waals surface area contributed by atoms with Gasteiger partial charge in [0.25, 0.3) is 5.91 Å². The molecule has 0 radical (unpaired) electrons. The van der Waals surface area contributed by atoms with Gasteiger partial charge in [0, 0.05) is 29.2 Å². The van der Waals surface area contributed by atoms with E-state index in [-0.39, 0.29) is 11.7 Å². The van der Waals surface area contributed by atoms with Crippen molar-refractivity contribution in [2.45, 2.75) is 0 Å². The Balaban J connectivity index is 1.62. The summed E-state index contributed by atoms with van der Waals surface area (Å²) in [7, 11) is 0. The van der Waals surface area contributed by atoms with Gasteiger partial charge < -0.3 is 9.73 Å². The Morgan fingerprint density at radius 3 is 2.52 bits per heavy atom. The van der Waals surface area contributed by atoms with E-state index in [9.17, 15) is 9.18 Å². The lowest BCUT2D eigenvalue weighted by molar-refractivity contribution is 0.102. The lowest BCUT2D eigenvalue weighted by atomic mass is 10.2. The zero-order chi connectivity index (χ0) is 17.2. The molecule has 4 rings (SSSR count). The van der Waals surface area contributed by atoms with Crippen molar-refractivity contribution in [1.29, 1.82) is 0 Å². The predicted octanol–water partition coefficient (Wildman–Crippen LogP) is 4.28. The molecule has 0 unspecified atom stereocenters. The molecule has 4 aromatic rings. The number of fused-ring (bicyclic) bond motifs is 1. The van der Waals surface area contributed by atoms with E-state index < -0.39 is 0 Å². The molecule has 1 N–H and O–H groups in total. The molecule has 0 bridgehead atoms. The standard InChI is InChI=1S/C19H12FN3O2/c20-14-2-4-15(5-3-14)22-18(24)13-1-6-17-16(11-13)23-19(25-17)12-7-9-21-10-8-12/h1-11H,(H,22,24). The van der Waals surface area contributed by atoms with Crippen molar-refractivity contribution in [3.63, 3.8) is 0 Å². The Kier molecular flexibility index (Phi) is 3.70. The molecular weight excluding hydrogens is 321 g/mol. The van der Waals surface area contributed by atoms with E-state index in [1.54, 1.807) is 42.7 Å². The molecule has 0 spiro atoms. The largest absolute Gasteiger partial charge is 0.436 e. The number of amides is 1.